The van der Waals surface area contributed by atoms with Crippen molar-refractivity contribution in [2.24, 2.45) is 10.8 Å². The molecule has 3 aromatic carbocycles. The van der Waals surface area contributed by atoms with E-state index in [1.54, 1.807) is 12.3 Å². The summed E-state index contributed by atoms with van der Waals surface area (Å²) in [5, 5.41) is 13.5. The zero-order valence-electron chi connectivity index (χ0n) is 25.6. The van der Waals surface area contributed by atoms with E-state index in [9.17, 15) is 14.3 Å². The molecule has 1 aromatic heterocycles. The summed E-state index contributed by atoms with van der Waals surface area (Å²) in [5.74, 6) is 0.0699. The van der Waals surface area contributed by atoms with Gasteiger partial charge in [-0.15, -0.1) is 34.9 Å². The summed E-state index contributed by atoms with van der Waals surface area (Å²) in [6.45, 7) is 16.1. The minimum absolute atomic E-state index is 0. The van der Waals surface area contributed by atoms with E-state index in [0.717, 1.165) is 64.2 Å². The first-order chi connectivity index (χ1) is 18.9. The van der Waals surface area contributed by atoms with Crippen LogP contribution < -0.4 is 0 Å². The molecule has 0 aliphatic heterocycles. The third-order valence-corrected chi connectivity index (χ3v) is 8.74. The van der Waals surface area contributed by atoms with Gasteiger partial charge < -0.3 is 10.1 Å². The summed E-state index contributed by atoms with van der Waals surface area (Å²) in [4.78, 5) is 16.7. The second-order valence-corrected chi connectivity index (χ2v) is 11.3. The van der Waals surface area contributed by atoms with E-state index in [2.05, 4.69) is 17.1 Å². The van der Waals surface area contributed by atoms with E-state index in [1.165, 1.54) is 6.08 Å². The predicted molar refractivity (Wildman–Crippen MR) is 166 cm³/mol. The molecule has 0 saturated carbocycles. The standard InChI is InChI=1S/C21H15FN.C15H28O2.Ir/c1-13-9-14(2)11-15(10-13)21-19-12-20(22)18-6-4-3-5-16(18)17(19)7-8-23-21;1-7-14(5,8-2)12(16)11-13(17)15(6,9-3)10-4;/h3-10,12H,1-2H3;11,16H,7-10H2,1-6H3;/q-1;;/b;12-11-;. The normalized spacial score (nSPS) is 12.1. The smallest absolute Gasteiger partial charge is 0.164 e. The van der Waals surface area contributed by atoms with Gasteiger partial charge in [0.2, 0.25) is 0 Å². The fourth-order valence-electron chi connectivity index (χ4n) is 4.91. The monoisotopic (exact) mass is 733 g/mol. The van der Waals surface area contributed by atoms with Crippen molar-refractivity contribution in [1.29, 1.82) is 0 Å². The van der Waals surface area contributed by atoms with E-state index in [-0.39, 0.29) is 48.3 Å². The number of aliphatic hydroxyl groups excluding tert-OH is 1. The van der Waals surface area contributed by atoms with Crippen molar-refractivity contribution in [2.45, 2.75) is 81.1 Å². The number of halogens is 1. The molecule has 1 heterocycles. The molecule has 4 rings (SSSR count). The molecule has 1 N–H and O–H groups in total. The fraction of sp³-hybridized carbons (Fsp3) is 0.389. The quantitative estimate of drug-likeness (QED) is 0.0850. The third-order valence-electron chi connectivity index (χ3n) is 8.74. The van der Waals surface area contributed by atoms with Crippen LogP contribution in [-0.2, 0) is 24.9 Å². The number of aliphatic hydroxyl groups is 1. The number of carbonyl (C=O) groups is 1. The van der Waals surface area contributed by atoms with Crippen LogP contribution in [0, 0.1) is 36.6 Å². The molecule has 0 spiro atoms. The first kappa shape index (κ1) is 34.3. The number of hydrogen-bond donors (Lipinski definition) is 1. The molecule has 0 saturated heterocycles. The molecule has 0 aliphatic rings. The van der Waals surface area contributed by atoms with Crippen LogP contribution in [0.2, 0.25) is 0 Å². The van der Waals surface area contributed by atoms with Gasteiger partial charge in [-0.25, -0.2) is 4.39 Å². The van der Waals surface area contributed by atoms with Gasteiger partial charge >= 0.3 is 0 Å². The number of fused-ring (bicyclic) bond motifs is 3. The number of allylic oxidation sites excluding steroid dienone is 2. The summed E-state index contributed by atoms with van der Waals surface area (Å²) in [6, 6.07) is 18.6. The van der Waals surface area contributed by atoms with E-state index >= 15 is 0 Å². The first-order valence-electron chi connectivity index (χ1n) is 14.3. The van der Waals surface area contributed by atoms with E-state index in [1.807, 2.05) is 91.8 Å². The molecule has 4 aromatic rings. The Morgan fingerprint density at radius 1 is 0.878 bits per heavy atom. The Hall–Kier alpha value is -2.88. The maximum atomic E-state index is 14.5. The second kappa shape index (κ2) is 14.3. The van der Waals surface area contributed by atoms with Gasteiger partial charge in [-0.2, -0.15) is 0 Å². The van der Waals surface area contributed by atoms with Gasteiger partial charge in [0.1, 0.15) is 11.6 Å². The van der Waals surface area contributed by atoms with Gasteiger partial charge in [0.25, 0.3) is 0 Å². The molecular weight excluding hydrogens is 690 g/mol. The number of benzene rings is 3. The first-order valence-corrected chi connectivity index (χ1v) is 14.3. The molecule has 3 nitrogen and oxygen atoms in total. The number of hydrogen-bond acceptors (Lipinski definition) is 3. The SMILES string of the molecule is CCC(C)(CC)C(=O)/C=C(\O)C(C)(CC)CC.Cc1[c-]c(-c2nccc3c2cc(F)c2ccccc23)cc(C)c1.[Ir]. The Morgan fingerprint density at radius 3 is 2.00 bits per heavy atom. The van der Waals surface area contributed by atoms with Crippen LogP contribution in [0.4, 0.5) is 4.39 Å². The van der Waals surface area contributed by atoms with Gasteiger partial charge in [0.15, 0.2) is 5.78 Å². The summed E-state index contributed by atoms with van der Waals surface area (Å²) in [5.41, 5.74) is 3.28. The molecule has 0 amide bonds. The molecule has 1 radical (unpaired) electrons. The van der Waals surface area contributed by atoms with E-state index in [0.29, 0.717) is 5.39 Å². The number of nitrogens with zero attached hydrogens (tertiary/aromatic N) is 1. The van der Waals surface area contributed by atoms with Crippen molar-refractivity contribution in [2.75, 3.05) is 0 Å². The Balaban J connectivity index is 0.000000296. The minimum Gasteiger partial charge on any atom is -0.512 e. The molecular formula is C36H43FIrNO2-. The summed E-state index contributed by atoms with van der Waals surface area (Å²) in [6.07, 6.45) is 6.54. The van der Waals surface area contributed by atoms with Crippen molar-refractivity contribution in [1.82, 2.24) is 4.98 Å². The average molecular weight is 733 g/mol. The van der Waals surface area contributed by atoms with Gasteiger partial charge in [0, 0.05) is 48.6 Å². The van der Waals surface area contributed by atoms with Crippen LogP contribution in [0.15, 0.2) is 66.6 Å². The molecule has 5 heteroatoms. The van der Waals surface area contributed by atoms with Crippen molar-refractivity contribution < 1.29 is 34.4 Å². The average Bonchev–Trinajstić information content (AvgIpc) is 2.96. The van der Waals surface area contributed by atoms with Crippen LogP contribution in [0.5, 0.6) is 0 Å². The zero-order chi connectivity index (χ0) is 29.7. The Labute approximate surface area is 258 Å². The number of rotatable bonds is 8. The van der Waals surface area contributed by atoms with Gasteiger partial charge in [0.05, 0.1) is 0 Å². The Kier molecular flexibility index (Phi) is 12.0. The summed E-state index contributed by atoms with van der Waals surface area (Å²) in [7, 11) is 0. The Bertz CT molecular complexity index is 1510. The van der Waals surface area contributed by atoms with Crippen molar-refractivity contribution >= 4 is 27.3 Å². The number of aromatic nitrogens is 1. The van der Waals surface area contributed by atoms with Crippen LogP contribution in [-0.4, -0.2) is 15.9 Å². The summed E-state index contributed by atoms with van der Waals surface area (Å²) >= 11 is 0. The summed E-state index contributed by atoms with van der Waals surface area (Å²) < 4.78 is 14.5. The third kappa shape index (κ3) is 7.50. The molecule has 0 bridgehead atoms. The zero-order valence-corrected chi connectivity index (χ0v) is 28.0. The molecule has 41 heavy (non-hydrogen) atoms. The van der Waals surface area contributed by atoms with E-state index < -0.39 is 0 Å². The largest absolute Gasteiger partial charge is 0.512 e. The van der Waals surface area contributed by atoms with Crippen molar-refractivity contribution in [3.63, 3.8) is 0 Å². The maximum absolute atomic E-state index is 14.5. The van der Waals surface area contributed by atoms with Crippen LogP contribution in [0.3, 0.4) is 0 Å². The van der Waals surface area contributed by atoms with Gasteiger partial charge in [-0.1, -0.05) is 79.7 Å². The number of pyridine rings is 1. The van der Waals surface area contributed by atoms with Gasteiger partial charge in [-0.3, -0.25) is 4.79 Å². The van der Waals surface area contributed by atoms with E-state index in [4.69, 9.17) is 0 Å². The van der Waals surface area contributed by atoms with Gasteiger partial charge in [-0.05, 0) is 59.7 Å². The number of carbonyl (C=O) groups excluding carboxylic acids is 1. The van der Waals surface area contributed by atoms with Crippen LogP contribution in [0.25, 0.3) is 32.8 Å². The maximum Gasteiger partial charge on any atom is 0.164 e. The molecule has 0 fully saturated rings. The van der Waals surface area contributed by atoms with Crippen molar-refractivity contribution in [3.8, 4) is 11.3 Å². The minimum atomic E-state index is -0.337. The Morgan fingerprint density at radius 2 is 1.44 bits per heavy atom. The second-order valence-electron chi connectivity index (χ2n) is 11.3. The number of aryl methyl sites for hydroxylation is 2. The molecule has 0 aliphatic carbocycles. The van der Waals surface area contributed by atoms with Crippen LogP contribution >= 0.6 is 0 Å². The molecule has 0 atom stereocenters. The molecule has 221 valence electrons. The fourth-order valence-corrected chi connectivity index (χ4v) is 4.91. The van der Waals surface area contributed by atoms with Crippen molar-refractivity contribution in [3.05, 3.63) is 89.6 Å². The molecule has 0 unspecified atom stereocenters. The number of ketones is 1. The predicted octanol–water partition coefficient (Wildman–Crippen LogP) is 10.3. The topological polar surface area (TPSA) is 50.2 Å². The van der Waals surface area contributed by atoms with Crippen LogP contribution in [0.1, 0.15) is 78.4 Å².